The lowest BCUT2D eigenvalue weighted by molar-refractivity contribution is 0.0632. The molecule has 0 saturated carbocycles. The number of halogens is 1. The average Bonchev–Trinajstić information content (AvgIpc) is 2.54. The molecule has 5 nitrogen and oxygen atoms in total. The third kappa shape index (κ3) is 3.22. The van der Waals surface area contributed by atoms with E-state index in [4.69, 9.17) is 0 Å². The standard InChI is InChI=1S/C17H19FN4O/c1-11-15(9-20-12(2)21-11)17(23)22-7-6-19-10-16(22)13-4-3-5-14(18)8-13/h3-5,8-9,16,19H,6-7,10H2,1-2H3. The largest absolute Gasteiger partial charge is 0.329 e. The Morgan fingerprint density at radius 3 is 2.96 bits per heavy atom. The number of aryl methyl sites for hydroxylation is 2. The third-order valence-electron chi connectivity index (χ3n) is 4.07. The second kappa shape index (κ2) is 6.42. The van der Waals surface area contributed by atoms with Gasteiger partial charge < -0.3 is 10.2 Å². The number of nitrogens with zero attached hydrogens (tertiary/aromatic N) is 3. The molecule has 1 saturated heterocycles. The SMILES string of the molecule is Cc1ncc(C(=O)N2CCNCC2c2cccc(F)c2)c(C)n1. The lowest BCUT2D eigenvalue weighted by atomic mass is 10.0. The van der Waals surface area contributed by atoms with Crippen LogP contribution in [0.1, 0.15) is 33.5 Å². The Balaban J connectivity index is 1.93. The molecule has 23 heavy (non-hydrogen) atoms. The fourth-order valence-corrected chi connectivity index (χ4v) is 2.91. The molecule has 1 N–H and O–H groups in total. The highest BCUT2D eigenvalue weighted by Gasteiger charge is 2.30. The number of hydrogen-bond acceptors (Lipinski definition) is 4. The van der Waals surface area contributed by atoms with E-state index in [0.717, 1.165) is 5.56 Å². The van der Waals surface area contributed by atoms with Crippen LogP contribution in [0, 0.1) is 19.7 Å². The zero-order chi connectivity index (χ0) is 16.4. The molecule has 2 aromatic rings. The molecule has 1 atom stereocenters. The summed E-state index contributed by atoms with van der Waals surface area (Å²) in [4.78, 5) is 23.1. The van der Waals surface area contributed by atoms with Gasteiger partial charge in [0.15, 0.2) is 0 Å². The fourth-order valence-electron chi connectivity index (χ4n) is 2.91. The van der Waals surface area contributed by atoms with Gasteiger partial charge in [0.25, 0.3) is 5.91 Å². The van der Waals surface area contributed by atoms with Crippen molar-refractivity contribution in [1.82, 2.24) is 20.2 Å². The number of hydrogen-bond donors (Lipinski definition) is 1. The number of aromatic nitrogens is 2. The summed E-state index contributed by atoms with van der Waals surface area (Å²) in [6, 6.07) is 6.20. The van der Waals surface area contributed by atoms with Crippen LogP contribution in [-0.4, -0.2) is 40.4 Å². The van der Waals surface area contributed by atoms with Gasteiger partial charge in [0.2, 0.25) is 0 Å². The van der Waals surface area contributed by atoms with E-state index >= 15 is 0 Å². The van der Waals surface area contributed by atoms with Gasteiger partial charge in [-0.1, -0.05) is 12.1 Å². The van der Waals surface area contributed by atoms with Crippen molar-refractivity contribution in [3.63, 3.8) is 0 Å². The highest BCUT2D eigenvalue weighted by atomic mass is 19.1. The van der Waals surface area contributed by atoms with E-state index in [1.165, 1.54) is 12.1 Å². The van der Waals surface area contributed by atoms with E-state index in [1.807, 2.05) is 6.07 Å². The van der Waals surface area contributed by atoms with Gasteiger partial charge >= 0.3 is 0 Å². The maximum Gasteiger partial charge on any atom is 0.257 e. The lowest BCUT2D eigenvalue weighted by Crippen LogP contribution is -2.49. The van der Waals surface area contributed by atoms with Gasteiger partial charge in [0.05, 0.1) is 17.3 Å². The molecule has 1 aromatic heterocycles. The number of carbonyl (C=O) groups excluding carboxylic acids is 1. The van der Waals surface area contributed by atoms with E-state index in [-0.39, 0.29) is 17.8 Å². The van der Waals surface area contributed by atoms with Gasteiger partial charge in [0.1, 0.15) is 11.6 Å². The maximum atomic E-state index is 13.5. The molecule has 6 heteroatoms. The summed E-state index contributed by atoms with van der Waals surface area (Å²) >= 11 is 0. The van der Waals surface area contributed by atoms with Gasteiger partial charge in [-0.15, -0.1) is 0 Å². The zero-order valence-electron chi connectivity index (χ0n) is 13.2. The summed E-state index contributed by atoms with van der Waals surface area (Å²) in [7, 11) is 0. The van der Waals surface area contributed by atoms with Crippen molar-refractivity contribution in [2.75, 3.05) is 19.6 Å². The number of amides is 1. The molecular formula is C17H19FN4O. The van der Waals surface area contributed by atoms with Crippen molar-refractivity contribution in [1.29, 1.82) is 0 Å². The molecule has 0 radical (unpaired) electrons. The maximum absolute atomic E-state index is 13.5. The highest BCUT2D eigenvalue weighted by molar-refractivity contribution is 5.95. The van der Waals surface area contributed by atoms with Crippen molar-refractivity contribution in [2.45, 2.75) is 19.9 Å². The smallest absolute Gasteiger partial charge is 0.257 e. The molecule has 1 unspecified atom stereocenters. The Kier molecular flexibility index (Phi) is 4.34. The predicted molar refractivity (Wildman–Crippen MR) is 84.6 cm³/mol. The molecule has 1 aliphatic heterocycles. The summed E-state index contributed by atoms with van der Waals surface area (Å²) in [6.07, 6.45) is 1.57. The molecule has 1 aromatic carbocycles. The minimum Gasteiger partial charge on any atom is -0.329 e. The Bertz CT molecular complexity index is 734. The van der Waals surface area contributed by atoms with Gasteiger partial charge in [-0.2, -0.15) is 0 Å². The average molecular weight is 314 g/mol. The van der Waals surface area contributed by atoms with Gasteiger partial charge in [0, 0.05) is 25.8 Å². The van der Waals surface area contributed by atoms with E-state index < -0.39 is 0 Å². The minimum absolute atomic E-state index is 0.113. The first-order valence-corrected chi connectivity index (χ1v) is 7.63. The van der Waals surface area contributed by atoms with Gasteiger partial charge in [-0.25, -0.2) is 14.4 Å². The molecular weight excluding hydrogens is 295 g/mol. The second-order valence-corrected chi connectivity index (χ2v) is 5.69. The molecule has 120 valence electrons. The van der Waals surface area contributed by atoms with Crippen LogP contribution in [0.3, 0.4) is 0 Å². The molecule has 1 amide bonds. The Morgan fingerprint density at radius 1 is 1.39 bits per heavy atom. The van der Waals surface area contributed by atoms with Crippen molar-refractivity contribution in [3.8, 4) is 0 Å². The monoisotopic (exact) mass is 314 g/mol. The summed E-state index contributed by atoms with van der Waals surface area (Å²) < 4.78 is 13.5. The van der Waals surface area contributed by atoms with Crippen molar-refractivity contribution < 1.29 is 9.18 Å². The number of piperazine rings is 1. The summed E-state index contributed by atoms with van der Waals surface area (Å²) in [5.41, 5.74) is 1.95. The second-order valence-electron chi connectivity index (χ2n) is 5.69. The van der Waals surface area contributed by atoms with Crippen LogP contribution in [0.5, 0.6) is 0 Å². The van der Waals surface area contributed by atoms with Crippen LogP contribution < -0.4 is 5.32 Å². The molecule has 0 spiro atoms. The van der Waals surface area contributed by atoms with E-state index in [2.05, 4.69) is 15.3 Å². The van der Waals surface area contributed by atoms with Crippen LogP contribution >= 0.6 is 0 Å². The fraction of sp³-hybridized carbons (Fsp3) is 0.353. The predicted octanol–water partition coefficient (Wildman–Crippen LogP) is 2.02. The molecule has 0 aliphatic carbocycles. The summed E-state index contributed by atoms with van der Waals surface area (Å²) in [6.45, 7) is 5.47. The minimum atomic E-state index is -0.296. The molecule has 0 bridgehead atoms. The molecule has 3 rings (SSSR count). The first kappa shape index (κ1) is 15.6. The first-order valence-electron chi connectivity index (χ1n) is 7.63. The Labute approximate surface area is 134 Å². The van der Waals surface area contributed by atoms with Crippen LogP contribution in [-0.2, 0) is 0 Å². The third-order valence-corrected chi connectivity index (χ3v) is 4.07. The van der Waals surface area contributed by atoms with Crippen molar-refractivity contribution >= 4 is 5.91 Å². The molecule has 1 fully saturated rings. The van der Waals surface area contributed by atoms with Crippen LogP contribution in [0.4, 0.5) is 4.39 Å². The normalized spacial score (nSPS) is 18.0. The van der Waals surface area contributed by atoms with Gasteiger partial charge in [-0.3, -0.25) is 4.79 Å². The summed E-state index contributed by atoms with van der Waals surface area (Å²) in [5.74, 6) is 0.231. The zero-order valence-corrected chi connectivity index (χ0v) is 13.2. The quantitative estimate of drug-likeness (QED) is 0.921. The van der Waals surface area contributed by atoms with E-state index in [0.29, 0.717) is 36.7 Å². The summed E-state index contributed by atoms with van der Waals surface area (Å²) in [5, 5.41) is 3.27. The van der Waals surface area contributed by atoms with Crippen LogP contribution in [0.15, 0.2) is 30.5 Å². The van der Waals surface area contributed by atoms with Gasteiger partial charge in [-0.05, 0) is 31.5 Å². The Morgan fingerprint density at radius 2 is 2.22 bits per heavy atom. The lowest BCUT2D eigenvalue weighted by Gasteiger charge is -2.36. The van der Waals surface area contributed by atoms with E-state index in [9.17, 15) is 9.18 Å². The number of rotatable bonds is 2. The number of benzene rings is 1. The van der Waals surface area contributed by atoms with Crippen molar-refractivity contribution in [2.24, 2.45) is 0 Å². The Hall–Kier alpha value is -2.34. The van der Waals surface area contributed by atoms with Crippen LogP contribution in [0.2, 0.25) is 0 Å². The highest BCUT2D eigenvalue weighted by Crippen LogP contribution is 2.25. The van der Waals surface area contributed by atoms with E-state index in [1.54, 1.807) is 31.0 Å². The molecule has 1 aliphatic rings. The van der Waals surface area contributed by atoms with Crippen LogP contribution in [0.25, 0.3) is 0 Å². The van der Waals surface area contributed by atoms with Crippen molar-refractivity contribution in [3.05, 3.63) is 58.9 Å². The number of nitrogens with one attached hydrogen (secondary N) is 1. The molecule has 2 heterocycles. The topological polar surface area (TPSA) is 58.1 Å². The first-order chi connectivity index (χ1) is 11.1. The number of carbonyl (C=O) groups is 1.